The van der Waals surface area contributed by atoms with E-state index in [1.165, 1.54) is 5.01 Å². The summed E-state index contributed by atoms with van der Waals surface area (Å²) >= 11 is 0. The van der Waals surface area contributed by atoms with Crippen molar-refractivity contribution in [3.63, 3.8) is 0 Å². The van der Waals surface area contributed by atoms with Crippen LogP contribution in [0.15, 0.2) is 83.5 Å². The molecule has 1 heterocycles. The van der Waals surface area contributed by atoms with Crippen LogP contribution >= 0.6 is 0 Å². The molecule has 0 spiro atoms. The van der Waals surface area contributed by atoms with Gasteiger partial charge >= 0.3 is 0 Å². The van der Waals surface area contributed by atoms with Crippen LogP contribution in [0.5, 0.6) is 0 Å². The lowest BCUT2D eigenvalue weighted by molar-refractivity contribution is -0.114. The molecule has 0 unspecified atom stereocenters. The second-order valence-electron chi connectivity index (χ2n) is 7.00. The van der Waals surface area contributed by atoms with Crippen LogP contribution in [0.2, 0.25) is 0 Å². The number of benzene rings is 2. The first kappa shape index (κ1) is 16.9. The summed E-state index contributed by atoms with van der Waals surface area (Å²) in [6.45, 7) is 6.22. The Morgan fingerprint density at radius 2 is 1.52 bits per heavy atom. The van der Waals surface area contributed by atoms with Crippen molar-refractivity contribution in [1.82, 2.24) is 0 Å². The highest BCUT2D eigenvalue weighted by Gasteiger charge is 2.36. The van der Waals surface area contributed by atoms with Gasteiger partial charge in [-0.25, -0.2) is 0 Å². The second kappa shape index (κ2) is 6.89. The standard InChI is InChI=1S/C22H22N2O/c1-22(2,3)20-19(16-10-13-17-11-6-4-7-12-17)21(25)24(23-20)18-14-8-5-9-15-18/h4-16H,1-3H3/b13-10-,19-16+. The van der Waals surface area contributed by atoms with Crippen molar-refractivity contribution < 1.29 is 4.79 Å². The van der Waals surface area contributed by atoms with E-state index in [9.17, 15) is 4.79 Å². The number of hydrazone groups is 1. The molecule has 0 aliphatic carbocycles. The van der Waals surface area contributed by atoms with Gasteiger partial charge in [-0.2, -0.15) is 10.1 Å². The predicted octanol–water partition coefficient (Wildman–Crippen LogP) is 5.08. The van der Waals surface area contributed by atoms with Gasteiger partial charge in [-0.15, -0.1) is 0 Å². The molecule has 3 heteroatoms. The normalized spacial score (nSPS) is 16.8. The first-order valence-electron chi connectivity index (χ1n) is 8.39. The zero-order chi connectivity index (χ0) is 17.9. The lowest BCUT2D eigenvalue weighted by Crippen LogP contribution is -2.23. The number of hydrogen-bond donors (Lipinski definition) is 0. The molecule has 3 rings (SSSR count). The first-order chi connectivity index (χ1) is 12.0. The smallest absolute Gasteiger partial charge is 0.267 e. The van der Waals surface area contributed by atoms with E-state index in [-0.39, 0.29) is 11.3 Å². The van der Waals surface area contributed by atoms with E-state index in [0.29, 0.717) is 5.57 Å². The van der Waals surface area contributed by atoms with Gasteiger partial charge in [-0.3, -0.25) is 4.79 Å². The van der Waals surface area contributed by atoms with Crippen LogP contribution in [0.25, 0.3) is 6.08 Å². The van der Waals surface area contributed by atoms with Crippen LogP contribution in [-0.2, 0) is 4.79 Å². The molecule has 0 aromatic heterocycles. The highest BCUT2D eigenvalue weighted by Crippen LogP contribution is 2.31. The van der Waals surface area contributed by atoms with Crippen molar-refractivity contribution in [3.05, 3.63) is 84.0 Å². The van der Waals surface area contributed by atoms with Gasteiger partial charge in [0.1, 0.15) is 0 Å². The van der Waals surface area contributed by atoms with Crippen LogP contribution in [0, 0.1) is 5.41 Å². The average Bonchev–Trinajstić information content (AvgIpc) is 2.94. The summed E-state index contributed by atoms with van der Waals surface area (Å²) in [6.07, 6.45) is 5.77. The highest BCUT2D eigenvalue weighted by molar-refractivity contribution is 6.31. The molecular weight excluding hydrogens is 308 g/mol. The van der Waals surface area contributed by atoms with Gasteiger partial charge in [-0.05, 0) is 23.8 Å². The topological polar surface area (TPSA) is 32.7 Å². The lowest BCUT2D eigenvalue weighted by Gasteiger charge is -2.17. The molecule has 0 bridgehead atoms. The molecule has 1 amide bonds. The number of anilines is 1. The van der Waals surface area contributed by atoms with Crippen molar-refractivity contribution in [3.8, 4) is 0 Å². The maximum atomic E-state index is 12.9. The molecule has 0 saturated carbocycles. The molecule has 0 saturated heterocycles. The summed E-state index contributed by atoms with van der Waals surface area (Å²) in [5.41, 5.74) is 3.11. The minimum atomic E-state index is -0.217. The third-order valence-corrected chi connectivity index (χ3v) is 3.94. The zero-order valence-corrected chi connectivity index (χ0v) is 14.8. The highest BCUT2D eigenvalue weighted by atomic mass is 16.2. The van der Waals surface area contributed by atoms with Crippen LogP contribution < -0.4 is 5.01 Å². The number of hydrogen-bond acceptors (Lipinski definition) is 2. The van der Waals surface area contributed by atoms with Crippen molar-refractivity contribution in [2.45, 2.75) is 20.8 Å². The Bertz CT molecular complexity index is 841. The number of amides is 1. The summed E-state index contributed by atoms with van der Waals surface area (Å²) in [6, 6.07) is 19.6. The maximum absolute atomic E-state index is 12.9. The third kappa shape index (κ3) is 3.77. The lowest BCUT2D eigenvalue weighted by atomic mass is 9.85. The summed E-state index contributed by atoms with van der Waals surface area (Å²) < 4.78 is 0. The molecule has 2 aromatic rings. The second-order valence-corrected chi connectivity index (χ2v) is 7.00. The van der Waals surface area contributed by atoms with Gasteiger partial charge in [-0.1, -0.05) is 81.5 Å². The molecule has 0 atom stereocenters. The van der Waals surface area contributed by atoms with E-state index in [2.05, 4.69) is 25.9 Å². The molecule has 0 radical (unpaired) electrons. The molecule has 25 heavy (non-hydrogen) atoms. The largest absolute Gasteiger partial charge is 0.280 e. The SMILES string of the molecule is CC(C)(C)C1=NN(c2ccccc2)C(=O)/C1=C/C=C\c1ccccc1. The monoisotopic (exact) mass is 330 g/mol. The van der Waals surface area contributed by atoms with E-state index < -0.39 is 0 Å². The minimum Gasteiger partial charge on any atom is -0.267 e. The number of carbonyl (C=O) groups excluding carboxylic acids is 1. The van der Waals surface area contributed by atoms with Gasteiger partial charge in [0.25, 0.3) is 5.91 Å². The van der Waals surface area contributed by atoms with Crippen molar-refractivity contribution in [2.75, 3.05) is 5.01 Å². The van der Waals surface area contributed by atoms with Crippen molar-refractivity contribution in [2.24, 2.45) is 10.5 Å². The van der Waals surface area contributed by atoms with E-state index in [1.807, 2.05) is 78.9 Å². The number of para-hydroxylation sites is 1. The van der Waals surface area contributed by atoms with Gasteiger partial charge in [0.05, 0.1) is 17.0 Å². The van der Waals surface area contributed by atoms with Gasteiger partial charge in [0.15, 0.2) is 0 Å². The molecular formula is C22H22N2O. The number of allylic oxidation sites excluding steroid dienone is 2. The summed E-state index contributed by atoms with van der Waals surface area (Å²) in [7, 11) is 0. The van der Waals surface area contributed by atoms with E-state index in [1.54, 1.807) is 0 Å². The average molecular weight is 330 g/mol. The summed E-state index contributed by atoms with van der Waals surface area (Å²) in [5.74, 6) is -0.0890. The molecule has 0 N–H and O–H groups in total. The van der Waals surface area contributed by atoms with Crippen LogP contribution in [0.1, 0.15) is 26.3 Å². The van der Waals surface area contributed by atoms with Gasteiger partial charge < -0.3 is 0 Å². The quantitative estimate of drug-likeness (QED) is 0.723. The zero-order valence-electron chi connectivity index (χ0n) is 14.8. The number of carbonyl (C=O) groups is 1. The number of rotatable bonds is 3. The Morgan fingerprint density at radius 3 is 2.12 bits per heavy atom. The fourth-order valence-electron chi connectivity index (χ4n) is 2.68. The van der Waals surface area contributed by atoms with E-state index in [4.69, 9.17) is 0 Å². The maximum Gasteiger partial charge on any atom is 0.280 e. The first-order valence-corrected chi connectivity index (χ1v) is 8.39. The Morgan fingerprint density at radius 1 is 0.920 bits per heavy atom. The number of nitrogens with zero attached hydrogens (tertiary/aromatic N) is 2. The Labute approximate surface area is 149 Å². The predicted molar refractivity (Wildman–Crippen MR) is 104 cm³/mol. The molecule has 126 valence electrons. The third-order valence-electron chi connectivity index (χ3n) is 3.94. The summed E-state index contributed by atoms with van der Waals surface area (Å²) in [5, 5.41) is 6.10. The Kier molecular flexibility index (Phi) is 4.66. The fraction of sp³-hybridized carbons (Fsp3) is 0.182. The molecule has 0 fully saturated rings. The van der Waals surface area contributed by atoms with Crippen molar-refractivity contribution in [1.29, 1.82) is 0 Å². The van der Waals surface area contributed by atoms with Crippen LogP contribution in [0.3, 0.4) is 0 Å². The van der Waals surface area contributed by atoms with E-state index >= 15 is 0 Å². The van der Waals surface area contributed by atoms with E-state index in [0.717, 1.165) is 17.0 Å². The minimum absolute atomic E-state index is 0.0890. The van der Waals surface area contributed by atoms with Crippen LogP contribution in [0.4, 0.5) is 5.69 Å². The molecule has 1 aliphatic rings. The fourth-order valence-corrected chi connectivity index (χ4v) is 2.68. The Hall–Kier alpha value is -2.94. The Balaban J connectivity index is 1.95. The van der Waals surface area contributed by atoms with Gasteiger partial charge in [0, 0.05) is 5.41 Å². The molecule has 2 aromatic carbocycles. The van der Waals surface area contributed by atoms with Gasteiger partial charge in [0.2, 0.25) is 0 Å². The van der Waals surface area contributed by atoms with Crippen LogP contribution in [-0.4, -0.2) is 11.6 Å². The molecule has 1 aliphatic heterocycles. The summed E-state index contributed by atoms with van der Waals surface area (Å²) in [4.78, 5) is 12.9. The molecule has 3 nitrogen and oxygen atoms in total. The van der Waals surface area contributed by atoms with Crippen molar-refractivity contribution >= 4 is 23.4 Å².